The maximum atomic E-state index is 13.5. The maximum absolute atomic E-state index is 13.5. The van der Waals surface area contributed by atoms with Crippen LogP contribution < -0.4 is 15.4 Å². The van der Waals surface area contributed by atoms with Crippen molar-refractivity contribution >= 4 is 17.6 Å². The molecule has 1 aromatic heterocycles. The molecule has 1 aromatic carbocycles. The fraction of sp³-hybridized carbons (Fsp3) is 0.552. The van der Waals surface area contributed by atoms with Gasteiger partial charge in [-0.15, -0.1) is 0 Å². The van der Waals surface area contributed by atoms with Gasteiger partial charge in [-0.1, -0.05) is 13.0 Å². The number of carbonyl (C=O) groups is 2. The second-order valence-electron chi connectivity index (χ2n) is 11.3. The summed E-state index contributed by atoms with van der Waals surface area (Å²) in [6.07, 6.45) is 2.84. The van der Waals surface area contributed by atoms with Gasteiger partial charge in [0.15, 0.2) is 6.10 Å². The van der Waals surface area contributed by atoms with Crippen molar-refractivity contribution < 1.29 is 24.2 Å². The average molecular weight is 510 g/mol. The number of aliphatic carboxylic acids is 1. The number of carboxylic acid groups (broad SMARTS) is 1. The second kappa shape index (κ2) is 10.7. The summed E-state index contributed by atoms with van der Waals surface area (Å²) in [4.78, 5) is 30.6. The van der Waals surface area contributed by atoms with E-state index < -0.39 is 17.7 Å². The minimum Gasteiger partial charge on any atom is -0.490 e. The van der Waals surface area contributed by atoms with E-state index in [1.165, 1.54) is 0 Å². The number of pyridine rings is 1. The molecule has 1 atom stereocenters. The monoisotopic (exact) mass is 509 g/mol. The summed E-state index contributed by atoms with van der Waals surface area (Å²) in [5.74, 6) is 0.0908. The van der Waals surface area contributed by atoms with Crippen LogP contribution in [0.15, 0.2) is 18.2 Å². The first-order valence-electron chi connectivity index (χ1n) is 13.2. The minimum atomic E-state index is -1.25. The molecule has 2 aliphatic rings. The van der Waals surface area contributed by atoms with Gasteiger partial charge in [-0.3, -0.25) is 4.79 Å². The van der Waals surface area contributed by atoms with Crippen molar-refractivity contribution in [3.63, 3.8) is 0 Å². The number of hydrogen-bond donors (Lipinski definition) is 3. The zero-order chi connectivity index (χ0) is 26.9. The molecule has 8 nitrogen and oxygen atoms in total. The Kier molecular flexibility index (Phi) is 7.78. The van der Waals surface area contributed by atoms with E-state index in [1.807, 2.05) is 45.9 Å². The fourth-order valence-corrected chi connectivity index (χ4v) is 5.27. The third kappa shape index (κ3) is 6.06. The van der Waals surface area contributed by atoms with Crippen LogP contribution in [0.25, 0.3) is 11.1 Å². The van der Waals surface area contributed by atoms with Crippen LogP contribution in [0, 0.1) is 19.8 Å². The summed E-state index contributed by atoms with van der Waals surface area (Å²) in [5, 5.41) is 16.7. The number of amides is 1. The smallest absolute Gasteiger partial charge is 0.337 e. The number of nitrogens with one attached hydrogen (secondary N) is 2. The molecule has 8 heteroatoms. The number of carboxylic acids is 1. The van der Waals surface area contributed by atoms with Gasteiger partial charge < -0.3 is 25.2 Å². The predicted octanol–water partition coefficient (Wildman–Crippen LogP) is 5.42. The average Bonchev–Trinajstić information content (AvgIpc) is 2.84. The topological polar surface area (TPSA) is 110 Å². The van der Waals surface area contributed by atoms with Crippen molar-refractivity contribution in [1.29, 1.82) is 0 Å². The number of aryl methyl sites for hydroxylation is 1. The van der Waals surface area contributed by atoms with E-state index in [0.29, 0.717) is 47.1 Å². The van der Waals surface area contributed by atoms with Crippen LogP contribution in [0.2, 0.25) is 0 Å². The van der Waals surface area contributed by atoms with Crippen molar-refractivity contribution in [2.24, 2.45) is 5.92 Å². The second-order valence-corrected chi connectivity index (χ2v) is 11.3. The van der Waals surface area contributed by atoms with Crippen LogP contribution in [0.1, 0.15) is 86.8 Å². The molecular weight excluding hydrogens is 470 g/mol. The molecule has 1 amide bonds. The molecule has 0 saturated heterocycles. The highest BCUT2D eigenvalue weighted by Gasteiger charge is 2.34. The highest BCUT2D eigenvalue weighted by atomic mass is 16.5. The van der Waals surface area contributed by atoms with Crippen LogP contribution >= 0.6 is 0 Å². The Balaban J connectivity index is 1.84. The molecule has 2 aromatic rings. The summed E-state index contributed by atoms with van der Waals surface area (Å²) >= 11 is 0. The number of fused-ring (bicyclic) bond motifs is 1. The number of rotatable bonds is 6. The number of carbonyl (C=O) groups excluding carboxylic acids is 1. The van der Waals surface area contributed by atoms with E-state index in [9.17, 15) is 14.7 Å². The summed E-state index contributed by atoms with van der Waals surface area (Å²) in [6, 6.07) is 5.84. The lowest BCUT2D eigenvalue weighted by Crippen LogP contribution is -2.38. The Morgan fingerprint density at radius 2 is 1.89 bits per heavy atom. The molecule has 200 valence electrons. The predicted molar refractivity (Wildman–Crippen MR) is 143 cm³/mol. The lowest BCUT2D eigenvalue weighted by atomic mass is 9.87. The molecule has 0 unspecified atom stereocenters. The fourth-order valence-electron chi connectivity index (χ4n) is 5.27. The number of benzene rings is 1. The lowest BCUT2D eigenvalue weighted by Gasteiger charge is -2.30. The van der Waals surface area contributed by atoms with Crippen LogP contribution in [0.4, 0.5) is 5.69 Å². The molecule has 1 saturated carbocycles. The van der Waals surface area contributed by atoms with Crippen molar-refractivity contribution in [3.8, 4) is 16.9 Å². The van der Waals surface area contributed by atoms with E-state index in [-0.39, 0.29) is 11.9 Å². The Hall–Kier alpha value is -3.13. The molecule has 0 bridgehead atoms. The Labute approximate surface area is 219 Å². The molecule has 0 spiro atoms. The summed E-state index contributed by atoms with van der Waals surface area (Å²) in [6.45, 7) is 12.6. The number of ether oxygens (including phenoxy) is 2. The normalized spacial score (nSPS) is 20.3. The van der Waals surface area contributed by atoms with E-state index in [1.54, 1.807) is 6.92 Å². The Morgan fingerprint density at radius 1 is 1.19 bits per heavy atom. The Morgan fingerprint density at radius 3 is 2.54 bits per heavy atom. The molecule has 0 radical (unpaired) electrons. The first-order valence-corrected chi connectivity index (χ1v) is 13.2. The van der Waals surface area contributed by atoms with Crippen LogP contribution in [-0.4, -0.2) is 46.8 Å². The minimum absolute atomic E-state index is 0.120. The molecule has 1 aliphatic carbocycles. The molecule has 3 N–H and O–H groups in total. The standard InChI is InChI=1S/C29H39N3O5/c1-16-7-10-20(11-8-16)32-27(33)25-17(2)23(19-9-12-22-21(15-19)30-13-14-36-22)24(18(3)31-25)26(28(34)35)37-29(4,5)6/h9,12,15-16,20,26,30H,7-8,10-11,13-14H2,1-6H3,(H,32,33)(H,34,35)/t16?,20?,26-/m0/s1. The van der Waals surface area contributed by atoms with Gasteiger partial charge in [-0.2, -0.15) is 0 Å². The van der Waals surface area contributed by atoms with Gasteiger partial charge in [0.05, 0.1) is 11.3 Å². The zero-order valence-electron chi connectivity index (χ0n) is 22.7. The molecule has 1 fully saturated rings. The maximum Gasteiger partial charge on any atom is 0.337 e. The summed E-state index contributed by atoms with van der Waals surface area (Å²) < 4.78 is 11.8. The molecular formula is C29H39N3O5. The van der Waals surface area contributed by atoms with Gasteiger partial charge in [0.1, 0.15) is 18.1 Å². The quantitative estimate of drug-likeness (QED) is 0.477. The highest BCUT2D eigenvalue weighted by molar-refractivity contribution is 5.97. The number of hydrogen-bond acceptors (Lipinski definition) is 6. The first-order chi connectivity index (χ1) is 17.4. The number of aromatic nitrogens is 1. The van der Waals surface area contributed by atoms with Crippen LogP contribution in [-0.2, 0) is 9.53 Å². The lowest BCUT2D eigenvalue weighted by molar-refractivity contribution is -0.160. The highest BCUT2D eigenvalue weighted by Crippen LogP contribution is 2.41. The first kappa shape index (κ1) is 26.9. The van der Waals surface area contributed by atoms with Crippen molar-refractivity contribution in [3.05, 3.63) is 40.7 Å². The number of nitrogens with zero attached hydrogens (tertiary/aromatic N) is 1. The van der Waals surface area contributed by atoms with Gasteiger partial charge in [0.2, 0.25) is 0 Å². The van der Waals surface area contributed by atoms with Gasteiger partial charge in [0, 0.05) is 23.8 Å². The molecule has 4 rings (SSSR count). The largest absolute Gasteiger partial charge is 0.490 e. The van der Waals surface area contributed by atoms with Crippen molar-refractivity contribution in [2.45, 2.75) is 85.0 Å². The van der Waals surface area contributed by atoms with Gasteiger partial charge in [0.25, 0.3) is 5.91 Å². The summed E-state index contributed by atoms with van der Waals surface area (Å²) in [7, 11) is 0. The number of anilines is 1. The van der Waals surface area contributed by atoms with Crippen molar-refractivity contribution in [2.75, 3.05) is 18.5 Å². The molecule has 1 aliphatic heterocycles. The Bertz CT molecular complexity index is 1180. The van der Waals surface area contributed by atoms with Crippen molar-refractivity contribution in [1.82, 2.24) is 10.3 Å². The van der Waals surface area contributed by atoms with Gasteiger partial charge >= 0.3 is 5.97 Å². The third-order valence-electron chi connectivity index (χ3n) is 7.14. The zero-order valence-corrected chi connectivity index (χ0v) is 22.7. The van der Waals surface area contributed by atoms with Crippen LogP contribution in [0.3, 0.4) is 0 Å². The van der Waals surface area contributed by atoms with Gasteiger partial charge in [-0.05, 0) is 95.0 Å². The SMILES string of the molecule is Cc1nc(C(=O)NC2CCC(C)CC2)c(C)c(-c2ccc3c(c2)NCCO3)c1[C@H](OC(C)(C)C)C(=O)O. The third-order valence-corrected chi connectivity index (χ3v) is 7.14. The molecule has 2 heterocycles. The van der Waals surface area contributed by atoms with Crippen LogP contribution in [0.5, 0.6) is 5.75 Å². The van der Waals surface area contributed by atoms with Gasteiger partial charge in [-0.25, -0.2) is 9.78 Å². The van der Waals surface area contributed by atoms with E-state index in [0.717, 1.165) is 42.7 Å². The van der Waals surface area contributed by atoms with E-state index in [4.69, 9.17) is 9.47 Å². The summed E-state index contributed by atoms with van der Waals surface area (Å²) in [5.41, 5.74) is 3.41. The molecule has 37 heavy (non-hydrogen) atoms. The van der Waals surface area contributed by atoms with E-state index in [2.05, 4.69) is 22.5 Å². The van der Waals surface area contributed by atoms with E-state index >= 15 is 0 Å².